The van der Waals surface area contributed by atoms with E-state index in [0.717, 1.165) is 0 Å². The maximum atomic E-state index is 17.7. The van der Waals surface area contributed by atoms with Crippen LogP contribution in [0.5, 0.6) is 0 Å². The van der Waals surface area contributed by atoms with Crippen LogP contribution in [0.3, 0.4) is 0 Å². The Morgan fingerprint density at radius 2 is 0.296 bits per heavy atom. The normalized spacial score (nSPS) is 15.9. The zero-order valence-electron chi connectivity index (χ0n) is 72.7. The van der Waals surface area contributed by atoms with E-state index in [1.807, 2.05) is 0 Å². The smallest absolute Gasteiger partial charge is 0.327 e. The number of hydrogen-bond acceptors (Lipinski definition) is 17. The van der Waals surface area contributed by atoms with E-state index in [0.29, 0.717) is 0 Å². The van der Waals surface area contributed by atoms with Crippen molar-refractivity contribution in [3.05, 3.63) is 597 Å². The summed E-state index contributed by atoms with van der Waals surface area (Å²) >= 11 is 0. The number of ether oxygens (including phenoxy) is 7. The van der Waals surface area contributed by atoms with Crippen molar-refractivity contribution >= 4 is 46.3 Å². The minimum absolute atomic E-state index is 0.00192. The molecule has 0 saturated carbocycles. The quantitative estimate of drug-likeness (QED) is 0.0150. The second-order valence-corrected chi connectivity index (χ2v) is 31.7. The van der Waals surface area contributed by atoms with E-state index < -0.39 is 130 Å². The molecule has 17 rings (SSSR count). The lowest BCUT2D eigenvalue weighted by molar-refractivity contribution is -0.512. The largest absolute Gasteiger partial charge is 0.472 e. The van der Waals surface area contributed by atoms with Gasteiger partial charge in [0.25, 0.3) is 0 Å². The highest BCUT2D eigenvalue weighted by atomic mass is 17.2. The number of carbonyl (C=O) groups is 8. The predicted octanol–water partition coefficient (Wildman–Crippen LogP) is 24.9. The fraction of sp³-hybridized carbons (Fsp3) is 0.0847. The van der Waals surface area contributed by atoms with Gasteiger partial charge in [0.2, 0.25) is 46.2 Å². The molecular weight excluding hydrogens is 1690 g/mol. The van der Waals surface area contributed by atoms with E-state index in [1.165, 1.54) is 36.4 Å². The van der Waals surface area contributed by atoms with Crippen molar-refractivity contribution in [2.24, 2.45) is 0 Å². The van der Waals surface area contributed by atoms with Gasteiger partial charge in [-0.25, -0.2) is 4.89 Å². The monoisotopic (exact) mass is 1780 g/mol. The Balaban J connectivity index is 1.18. The van der Waals surface area contributed by atoms with Gasteiger partial charge >= 0.3 is 11.6 Å². The first-order valence-electron chi connectivity index (χ1n) is 44.0. The summed E-state index contributed by atoms with van der Waals surface area (Å²) in [5.74, 6) is -19.2. The first-order valence-corrected chi connectivity index (χ1v) is 44.0. The summed E-state index contributed by atoms with van der Waals surface area (Å²) in [5.41, 5.74) is 0.347. The van der Waals surface area contributed by atoms with Crippen molar-refractivity contribution < 1.29 is 81.3 Å². The Kier molecular flexibility index (Phi) is 28.7. The molecule has 0 aromatic heterocycles. The summed E-state index contributed by atoms with van der Waals surface area (Å²) in [6, 6.07) is 130. The second-order valence-electron chi connectivity index (χ2n) is 31.7. The number of Topliss-reactive ketones (excluding diaryl/α,β-unsaturated/α-hetero) is 8. The van der Waals surface area contributed by atoms with Gasteiger partial charge in [0.15, 0.2) is 53.7 Å². The van der Waals surface area contributed by atoms with Crippen LogP contribution in [0, 0.1) is 0 Å². The molecule has 16 aromatic rings. The maximum absolute atomic E-state index is 17.7. The molecule has 135 heavy (non-hydrogen) atoms. The maximum Gasteiger partial charge on any atom is 0.327 e. The van der Waals surface area contributed by atoms with Crippen LogP contribution in [-0.4, -0.2) is 57.8 Å². The molecule has 1 aliphatic rings. The lowest BCUT2D eigenvalue weighted by atomic mass is 9.87. The third kappa shape index (κ3) is 20.3. The number of benzene rings is 16. The van der Waals surface area contributed by atoms with Crippen molar-refractivity contribution in [2.75, 3.05) is 0 Å². The Bertz CT molecular complexity index is 6690. The van der Waals surface area contributed by atoms with E-state index in [9.17, 15) is 0 Å². The highest BCUT2D eigenvalue weighted by molar-refractivity contribution is 6.05. The van der Waals surface area contributed by atoms with Crippen LogP contribution in [0.1, 0.15) is 176 Å². The van der Waals surface area contributed by atoms with Crippen LogP contribution in [0.25, 0.3) is 0 Å². The lowest BCUT2D eigenvalue weighted by Gasteiger charge is -2.53. The molecule has 0 radical (unpaired) electrons. The molecule has 9 atom stereocenters. The first-order chi connectivity index (χ1) is 66.3. The van der Waals surface area contributed by atoms with E-state index in [2.05, 4.69) is 0 Å². The average Bonchev–Trinajstić information content (AvgIpc) is 0.681. The van der Waals surface area contributed by atoms with Crippen molar-refractivity contribution in [1.82, 2.24) is 0 Å². The number of ketones is 8. The van der Waals surface area contributed by atoms with Gasteiger partial charge < -0.3 is 33.2 Å². The van der Waals surface area contributed by atoms with E-state index in [1.54, 1.807) is 449 Å². The van der Waals surface area contributed by atoms with Gasteiger partial charge in [-0.15, -0.1) is 0 Å². The predicted molar refractivity (Wildman–Crippen MR) is 509 cm³/mol. The standard InChI is InChI=1S/C118H88O17/c119-97(81-49-17-1-18-50-81)105(89-65-33-9-34-66-89)127-113-114(128-106(90-67-35-10-36-68-90)98(120)82-51-19-2-20-52-82)116(130-108(92-71-39-12-40-72-92)100(122)84-55-23-4-24-56-84)118(133-111(95-77-45-15-46-78-95)103(125)87-61-29-7-30-62-87,135-134-112(96-79-47-16-48-80-96)104(126)88-63-31-8-32-64-88)117(131-109(93-73-41-13-42-74-93)101(123)85-57-25-5-26-58-85,132-110(94-75-43-14-44-76-94)102(124)86-59-27-6-28-60-86)115(113)129-107(91-69-37-11-38-70-91)99(121)83-53-21-3-22-54-83/h1-80,105-112H. The fourth-order valence-electron chi connectivity index (χ4n) is 16.1. The molecule has 662 valence electrons. The molecule has 9 unspecified atom stereocenters. The SMILES string of the molecule is O=C(c1ccccc1)C(OOC1(OC(C(=O)c2ccccc2)c2ccccc2)C(OC(C(=O)c2ccccc2)c2ccccc2)=C(OC(C(=O)c2ccccc2)c2ccccc2)C(OC(C(=O)c2ccccc2)c2ccccc2)=C(OC(C(=O)c2ccccc2)c2ccccc2)C1(OC(C(=O)c1ccccc1)c1ccccc1)OC(C(=O)c1ccccc1)c1ccccc1)c1ccccc1. The Hall–Kier alpha value is -16.6. The van der Waals surface area contributed by atoms with Gasteiger partial charge in [0, 0.05) is 66.8 Å². The van der Waals surface area contributed by atoms with E-state index in [-0.39, 0.29) is 89.0 Å². The Morgan fingerprint density at radius 3 is 0.496 bits per heavy atom. The molecule has 17 heteroatoms. The summed E-state index contributed by atoms with van der Waals surface area (Å²) in [5, 5.41) is 0. The highest BCUT2D eigenvalue weighted by Crippen LogP contribution is 2.61. The summed E-state index contributed by atoms with van der Waals surface area (Å²) in [4.78, 5) is 155. The Morgan fingerprint density at radius 1 is 0.156 bits per heavy atom. The van der Waals surface area contributed by atoms with Gasteiger partial charge in [-0.1, -0.05) is 485 Å². The highest BCUT2D eigenvalue weighted by Gasteiger charge is 2.75. The molecule has 0 fully saturated rings. The summed E-state index contributed by atoms with van der Waals surface area (Å²) in [7, 11) is 0. The average molecular weight is 1780 g/mol. The molecule has 0 saturated heterocycles. The number of rotatable bonds is 41. The first kappa shape index (κ1) is 90.3. The van der Waals surface area contributed by atoms with Crippen molar-refractivity contribution in [3.63, 3.8) is 0 Å². The van der Waals surface area contributed by atoms with Crippen LogP contribution in [-0.2, 0) is 42.9 Å². The van der Waals surface area contributed by atoms with E-state index >= 15 is 38.4 Å². The summed E-state index contributed by atoms with van der Waals surface area (Å²) in [6.45, 7) is 0. The van der Waals surface area contributed by atoms with Gasteiger partial charge in [-0.05, 0) is 22.3 Å². The van der Waals surface area contributed by atoms with Gasteiger partial charge in [0.05, 0.1) is 0 Å². The molecule has 0 spiro atoms. The zero-order valence-corrected chi connectivity index (χ0v) is 72.7. The molecule has 0 bridgehead atoms. The molecular formula is C118H88O17. The molecule has 1 aliphatic carbocycles. The van der Waals surface area contributed by atoms with Crippen LogP contribution < -0.4 is 0 Å². The van der Waals surface area contributed by atoms with Crippen LogP contribution in [0.2, 0.25) is 0 Å². The fourth-order valence-corrected chi connectivity index (χ4v) is 16.1. The summed E-state index contributed by atoms with van der Waals surface area (Å²) in [6.07, 6.45) is -17.4. The zero-order chi connectivity index (χ0) is 92.7. The van der Waals surface area contributed by atoms with Gasteiger partial charge in [0.1, 0.15) is 18.3 Å². The lowest BCUT2D eigenvalue weighted by Crippen LogP contribution is -2.68. The topological polar surface area (TPSA) is 220 Å². The number of carbonyl (C=O) groups excluding carboxylic acids is 8. The third-order valence-corrected chi connectivity index (χ3v) is 22.9. The molecule has 0 N–H and O–H groups in total. The second kappa shape index (κ2) is 42.9. The Labute approximate surface area is 780 Å². The van der Waals surface area contributed by atoms with Crippen molar-refractivity contribution in [1.29, 1.82) is 0 Å². The van der Waals surface area contributed by atoms with Crippen molar-refractivity contribution in [3.8, 4) is 0 Å². The van der Waals surface area contributed by atoms with Crippen molar-refractivity contribution in [2.45, 2.75) is 60.4 Å². The van der Waals surface area contributed by atoms with E-state index in [4.69, 9.17) is 42.9 Å². The number of hydrogen-bond donors (Lipinski definition) is 0. The minimum atomic E-state index is -4.14. The molecule has 0 aliphatic heterocycles. The van der Waals surface area contributed by atoms with Crippen LogP contribution in [0.4, 0.5) is 0 Å². The molecule has 17 nitrogen and oxygen atoms in total. The minimum Gasteiger partial charge on any atom is -0.472 e. The molecule has 0 amide bonds. The van der Waals surface area contributed by atoms with Crippen LogP contribution in [0.15, 0.2) is 508 Å². The molecule has 0 heterocycles. The van der Waals surface area contributed by atoms with Crippen LogP contribution >= 0.6 is 0 Å². The van der Waals surface area contributed by atoms with Gasteiger partial charge in [-0.3, -0.25) is 38.4 Å². The summed E-state index contributed by atoms with van der Waals surface area (Å²) < 4.78 is 58.8. The molecule has 16 aromatic carbocycles. The third-order valence-electron chi connectivity index (χ3n) is 22.9. The van der Waals surface area contributed by atoms with Gasteiger partial charge in [-0.2, -0.15) is 4.89 Å².